The summed E-state index contributed by atoms with van der Waals surface area (Å²) in [5, 5.41) is 17.2. The van der Waals surface area contributed by atoms with Crippen molar-refractivity contribution >= 4 is 40.1 Å². The molecule has 0 amide bonds. The van der Waals surface area contributed by atoms with Crippen molar-refractivity contribution in [1.82, 2.24) is 9.55 Å². The lowest BCUT2D eigenvalue weighted by atomic mass is 10.1. The van der Waals surface area contributed by atoms with Gasteiger partial charge in [-0.15, -0.1) is 0 Å². The van der Waals surface area contributed by atoms with Crippen molar-refractivity contribution in [3.8, 4) is 5.69 Å². The lowest BCUT2D eigenvalue weighted by molar-refractivity contribution is -0.139. The summed E-state index contributed by atoms with van der Waals surface area (Å²) in [5.41, 5.74) is 2.52. The number of aromatic nitrogens is 2. The van der Waals surface area contributed by atoms with Gasteiger partial charge in [-0.05, 0) is 53.8 Å². The van der Waals surface area contributed by atoms with Gasteiger partial charge < -0.3 is 25.1 Å². The highest BCUT2D eigenvalue weighted by Crippen LogP contribution is 2.34. The third-order valence-corrected chi connectivity index (χ3v) is 6.66. The molecule has 0 bridgehead atoms. The number of fused-ring (bicyclic) bond motifs is 1. The summed E-state index contributed by atoms with van der Waals surface area (Å²) in [4.78, 5) is 27.3. The highest BCUT2D eigenvalue weighted by atomic mass is 19.4. The number of nitrogens with one attached hydrogen (secondary N) is 2. The average molecular weight is 559 g/mol. The number of hydrogen-bond acceptors (Lipinski definition) is 5. The maximum atomic E-state index is 13.1. The molecular formula is C31H25F3N4O3. The van der Waals surface area contributed by atoms with Crippen LogP contribution in [0, 0.1) is 0 Å². The third-order valence-electron chi connectivity index (χ3n) is 6.66. The van der Waals surface area contributed by atoms with Gasteiger partial charge in [0.25, 0.3) is 0 Å². The van der Waals surface area contributed by atoms with E-state index in [1.54, 1.807) is 18.5 Å². The van der Waals surface area contributed by atoms with Gasteiger partial charge in [0.2, 0.25) is 0 Å². The Kier molecular flexibility index (Phi) is 7.73. The van der Waals surface area contributed by atoms with Gasteiger partial charge >= 0.3 is 12.1 Å². The number of aryl methyl sites for hydroxylation is 2. The number of nitrogens with zero attached hydrogens (tertiary/aromatic N) is 2. The molecule has 5 rings (SSSR count). The minimum absolute atomic E-state index is 0.346. The number of rotatable bonds is 10. The zero-order chi connectivity index (χ0) is 29.0. The van der Waals surface area contributed by atoms with Gasteiger partial charge in [-0.3, -0.25) is 0 Å². The van der Waals surface area contributed by atoms with Crippen LogP contribution in [-0.4, -0.2) is 33.0 Å². The minimum Gasteiger partial charge on any atom is -0.479 e. The maximum absolute atomic E-state index is 13.1. The minimum atomic E-state index is -4.39. The number of carboxylic acid groups (broad SMARTS) is 1. The van der Waals surface area contributed by atoms with E-state index >= 15 is 0 Å². The monoisotopic (exact) mass is 558 g/mol. The summed E-state index contributed by atoms with van der Waals surface area (Å²) in [5.74, 6) is -0.579. The second-order valence-electron chi connectivity index (χ2n) is 9.39. The van der Waals surface area contributed by atoms with Crippen LogP contribution in [0.15, 0.2) is 97.3 Å². The quantitative estimate of drug-likeness (QED) is 0.131. The molecule has 0 spiro atoms. The molecule has 41 heavy (non-hydrogen) atoms. The first-order valence-corrected chi connectivity index (χ1v) is 12.7. The van der Waals surface area contributed by atoms with Crippen molar-refractivity contribution in [2.75, 3.05) is 10.6 Å². The predicted molar refractivity (Wildman–Crippen MR) is 151 cm³/mol. The highest BCUT2D eigenvalue weighted by Gasteiger charge is 2.30. The first-order valence-electron chi connectivity index (χ1n) is 12.7. The molecule has 1 atom stereocenters. The molecule has 0 aliphatic heterocycles. The molecule has 1 aromatic heterocycles. The summed E-state index contributed by atoms with van der Waals surface area (Å²) in [6.45, 7) is 0. The van der Waals surface area contributed by atoms with Crippen LogP contribution in [0.25, 0.3) is 16.5 Å². The van der Waals surface area contributed by atoms with Crippen LogP contribution in [-0.2, 0) is 28.6 Å². The Morgan fingerprint density at radius 2 is 1.76 bits per heavy atom. The topological polar surface area (TPSA) is 96.3 Å². The Morgan fingerprint density at radius 1 is 0.976 bits per heavy atom. The fourth-order valence-corrected chi connectivity index (χ4v) is 4.62. The zero-order valence-corrected chi connectivity index (χ0v) is 21.6. The smallest absolute Gasteiger partial charge is 0.416 e. The molecule has 0 saturated carbocycles. The highest BCUT2D eigenvalue weighted by molar-refractivity contribution is 6.04. The van der Waals surface area contributed by atoms with Gasteiger partial charge in [0.05, 0.1) is 16.9 Å². The number of hydrogen-bond donors (Lipinski definition) is 3. The van der Waals surface area contributed by atoms with E-state index in [-0.39, 0.29) is 0 Å². The molecule has 4 aromatic carbocycles. The molecule has 0 saturated heterocycles. The number of carbonyl (C=O) groups is 2. The second-order valence-corrected chi connectivity index (χ2v) is 9.39. The largest absolute Gasteiger partial charge is 0.479 e. The fourth-order valence-electron chi connectivity index (χ4n) is 4.62. The summed E-state index contributed by atoms with van der Waals surface area (Å²) < 4.78 is 41.1. The van der Waals surface area contributed by atoms with E-state index in [9.17, 15) is 27.9 Å². The Bertz CT molecular complexity index is 1700. The first-order chi connectivity index (χ1) is 19.7. The van der Waals surface area contributed by atoms with Gasteiger partial charge in [-0.25, -0.2) is 9.78 Å². The summed E-state index contributed by atoms with van der Waals surface area (Å²) in [7, 11) is 0. The van der Waals surface area contributed by atoms with E-state index in [1.807, 2.05) is 65.2 Å². The fraction of sp³-hybridized carbons (Fsp3) is 0.129. The summed E-state index contributed by atoms with van der Waals surface area (Å²) in [6.07, 6.45) is 0.241. The molecule has 1 unspecified atom stereocenters. The number of carboxylic acids is 1. The molecule has 5 aromatic rings. The normalized spacial score (nSPS) is 12.2. The van der Waals surface area contributed by atoms with Crippen molar-refractivity contribution in [3.05, 3.63) is 114 Å². The Morgan fingerprint density at radius 3 is 2.49 bits per heavy atom. The van der Waals surface area contributed by atoms with Crippen LogP contribution in [0.4, 0.5) is 30.2 Å². The van der Waals surface area contributed by atoms with Crippen LogP contribution in [0.3, 0.4) is 0 Å². The van der Waals surface area contributed by atoms with Crippen LogP contribution < -0.4 is 10.6 Å². The molecule has 1 heterocycles. The number of benzene rings is 4. The standard InChI is InChI=1S/C31H25F3N4O3/c32-31(33,34)22-6-3-4-20(18-22)8-15-28-35-16-17-38(28)24-12-10-23(11-13-24)36-26-14-9-21-5-1-2-7-25(21)29(26)37-27(19-39)30(40)41/h1-7,9-14,16-19,27,36-37H,8,15H2,(H,40,41). The van der Waals surface area contributed by atoms with E-state index < -0.39 is 23.8 Å². The summed E-state index contributed by atoms with van der Waals surface area (Å²) >= 11 is 0. The molecule has 0 fully saturated rings. The van der Waals surface area contributed by atoms with E-state index in [2.05, 4.69) is 15.6 Å². The molecule has 0 aliphatic carbocycles. The number of imidazole rings is 1. The molecule has 10 heteroatoms. The number of aliphatic carboxylic acids is 1. The van der Waals surface area contributed by atoms with E-state index in [0.29, 0.717) is 41.9 Å². The van der Waals surface area contributed by atoms with E-state index in [0.717, 1.165) is 34.3 Å². The van der Waals surface area contributed by atoms with Crippen molar-refractivity contribution in [2.45, 2.75) is 25.1 Å². The van der Waals surface area contributed by atoms with E-state index in [4.69, 9.17) is 0 Å². The first kappa shape index (κ1) is 27.4. The molecular weight excluding hydrogens is 533 g/mol. The van der Waals surface area contributed by atoms with E-state index in [1.165, 1.54) is 6.07 Å². The number of halogens is 3. The van der Waals surface area contributed by atoms with Gasteiger partial charge in [0, 0.05) is 35.6 Å². The van der Waals surface area contributed by atoms with Crippen LogP contribution in [0.5, 0.6) is 0 Å². The third kappa shape index (κ3) is 6.22. The SMILES string of the molecule is O=CC(Nc1c(Nc2ccc(-n3ccnc3CCc3cccc(C(F)(F)F)c3)cc2)ccc2ccccc12)C(=O)O. The molecule has 0 radical (unpaired) electrons. The molecule has 7 nitrogen and oxygen atoms in total. The lowest BCUT2D eigenvalue weighted by Crippen LogP contribution is -2.30. The molecule has 3 N–H and O–H groups in total. The number of aldehydes is 1. The molecule has 0 aliphatic rings. The average Bonchev–Trinajstić information content (AvgIpc) is 3.44. The van der Waals surface area contributed by atoms with Crippen molar-refractivity contribution in [3.63, 3.8) is 0 Å². The summed E-state index contributed by atoms with van der Waals surface area (Å²) in [6, 6.07) is 22.5. The van der Waals surface area contributed by atoms with Crippen molar-refractivity contribution in [2.24, 2.45) is 0 Å². The Hall–Kier alpha value is -5.12. The lowest BCUT2D eigenvalue weighted by Gasteiger charge is -2.18. The van der Waals surface area contributed by atoms with Crippen molar-refractivity contribution < 1.29 is 27.9 Å². The Labute approximate surface area is 233 Å². The van der Waals surface area contributed by atoms with Crippen LogP contribution in [0.1, 0.15) is 17.0 Å². The van der Waals surface area contributed by atoms with Crippen molar-refractivity contribution in [1.29, 1.82) is 0 Å². The zero-order valence-electron chi connectivity index (χ0n) is 21.6. The van der Waals surface area contributed by atoms with Gasteiger partial charge in [0.1, 0.15) is 5.82 Å². The molecule has 208 valence electrons. The van der Waals surface area contributed by atoms with Gasteiger partial charge in [0.15, 0.2) is 12.3 Å². The number of carbonyl (C=O) groups excluding carboxylic acids is 1. The predicted octanol–water partition coefficient (Wildman–Crippen LogP) is 6.64. The van der Waals surface area contributed by atoms with Crippen LogP contribution >= 0.6 is 0 Å². The van der Waals surface area contributed by atoms with Gasteiger partial charge in [-0.2, -0.15) is 13.2 Å². The maximum Gasteiger partial charge on any atom is 0.416 e. The van der Waals surface area contributed by atoms with Gasteiger partial charge in [-0.1, -0.05) is 48.5 Å². The number of alkyl halides is 3. The van der Waals surface area contributed by atoms with Crippen LogP contribution in [0.2, 0.25) is 0 Å². The Balaban J connectivity index is 1.35. The second kappa shape index (κ2) is 11.5. The number of anilines is 3.